The van der Waals surface area contributed by atoms with Crippen LogP contribution in [0.15, 0.2) is 29.2 Å². The molecule has 6 heteroatoms. The van der Waals surface area contributed by atoms with E-state index in [2.05, 4.69) is 0 Å². The van der Waals surface area contributed by atoms with Crippen LogP contribution in [0.3, 0.4) is 0 Å². The first-order chi connectivity index (χ1) is 7.47. The fourth-order valence-corrected chi connectivity index (χ4v) is 2.21. The van der Waals surface area contributed by atoms with E-state index in [9.17, 15) is 13.2 Å². The number of carbonyl (C=O) groups excluding carboxylic acids is 1. The van der Waals surface area contributed by atoms with E-state index in [1.807, 2.05) is 4.90 Å². The van der Waals surface area contributed by atoms with Crippen LogP contribution in [0.25, 0.3) is 0 Å². The number of rotatable bonds is 2. The number of carbonyl (C=O) groups is 1. The summed E-state index contributed by atoms with van der Waals surface area (Å²) in [5.41, 5.74) is 0.846. The zero-order valence-electron chi connectivity index (χ0n) is 8.59. The van der Waals surface area contributed by atoms with Gasteiger partial charge in [-0.3, -0.25) is 4.79 Å². The van der Waals surface area contributed by atoms with Gasteiger partial charge in [0.1, 0.15) is 0 Å². The second-order valence-corrected chi connectivity index (χ2v) is 5.31. The molecule has 0 radical (unpaired) electrons. The maximum atomic E-state index is 11.1. The Hall–Kier alpha value is -1.40. The maximum Gasteiger partial charge on any atom is 0.238 e. The number of anilines is 1. The molecule has 1 aromatic rings. The Bertz CT molecular complexity index is 507. The van der Waals surface area contributed by atoms with Crippen molar-refractivity contribution < 1.29 is 13.2 Å². The van der Waals surface area contributed by atoms with E-state index >= 15 is 0 Å². The van der Waals surface area contributed by atoms with Crippen molar-refractivity contribution in [3.05, 3.63) is 24.3 Å². The minimum Gasteiger partial charge on any atom is -0.364 e. The smallest absolute Gasteiger partial charge is 0.238 e. The molecule has 5 nitrogen and oxygen atoms in total. The standard InChI is InChI=1S/C10H12N2O3S/c11-16(14,15)10-3-1-8(2-4-10)12-6-5-9(13)7-12/h1-4H,5-7H2,(H2,11,14,15). The van der Waals surface area contributed by atoms with Gasteiger partial charge in [-0.25, -0.2) is 13.6 Å². The molecule has 0 aromatic heterocycles. The highest BCUT2D eigenvalue weighted by Gasteiger charge is 2.19. The van der Waals surface area contributed by atoms with E-state index in [0.29, 0.717) is 19.5 Å². The molecule has 16 heavy (non-hydrogen) atoms. The van der Waals surface area contributed by atoms with Crippen molar-refractivity contribution >= 4 is 21.5 Å². The molecular formula is C10H12N2O3S. The number of nitrogens with zero attached hydrogens (tertiary/aromatic N) is 1. The SMILES string of the molecule is NS(=O)(=O)c1ccc(N2CCC(=O)C2)cc1. The van der Waals surface area contributed by atoms with Crippen LogP contribution in [-0.4, -0.2) is 27.3 Å². The summed E-state index contributed by atoms with van der Waals surface area (Å²) in [4.78, 5) is 13.1. The molecule has 0 spiro atoms. The zero-order valence-corrected chi connectivity index (χ0v) is 9.40. The lowest BCUT2D eigenvalue weighted by Crippen LogP contribution is -2.19. The zero-order chi connectivity index (χ0) is 11.8. The van der Waals surface area contributed by atoms with E-state index in [-0.39, 0.29) is 10.7 Å². The minimum atomic E-state index is -3.64. The summed E-state index contributed by atoms with van der Waals surface area (Å²) in [6, 6.07) is 6.23. The molecule has 2 N–H and O–H groups in total. The predicted molar refractivity (Wildman–Crippen MR) is 59.7 cm³/mol. The van der Waals surface area contributed by atoms with Crippen molar-refractivity contribution in [2.24, 2.45) is 5.14 Å². The number of sulfonamides is 1. The van der Waals surface area contributed by atoms with Gasteiger partial charge in [0.2, 0.25) is 10.0 Å². The molecule has 2 rings (SSSR count). The third-order valence-electron chi connectivity index (χ3n) is 2.56. The Morgan fingerprint density at radius 3 is 2.25 bits per heavy atom. The maximum absolute atomic E-state index is 11.1. The normalized spacial score (nSPS) is 16.8. The van der Waals surface area contributed by atoms with Gasteiger partial charge in [0.25, 0.3) is 0 Å². The Balaban J connectivity index is 2.23. The van der Waals surface area contributed by atoms with Crippen molar-refractivity contribution in [2.45, 2.75) is 11.3 Å². The largest absolute Gasteiger partial charge is 0.364 e. The van der Waals surface area contributed by atoms with Gasteiger partial charge in [0.15, 0.2) is 5.78 Å². The lowest BCUT2D eigenvalue weighted by Gasteiger charge is -2.16. The van der Waals surface area contributed by atoms with Gasteiger partial charge in [-0.1, -0.05) is 0 Å². The highest BCUT2D eigenvalue weighted by Crippen LogP contribution is 2.20. The average Bonchev–Trinajstić information content (AvgIpc) is 2.64. The highest BCUT2D eigenvalue weighted by molar-refractivity contribution is 7.89. The molecule has 0 aliphatic carbocycles. The lowest BCUT2D eigenvalue weighted by molar-refractivity contribution is -0.116. The van der Waals surface area contributed by atoms with Crippen molar-refractivity contribution in [1.29, 1.82) is 0 Å². The number of benzene rings is 1. The van der Waals surface area contributed by atoms with E-state index in [1.165, 1.54) is 12.1 Å². The summed E-state index contributed by atoms with van der Waals surface area (Å²) in [5.74, 6) is 0.204. The molecule has 0 atom stereocenters. The highest BCUT2D eigenvalue weighted by atomic mass is 32.2. The molecule has 1 heterocycles. The van der Waals surface area contributed by atoms with Crippen LogP contribution in [0.4, 0.5) is 5.69 Å². The molecule has 0 amide bonds. The number of primary sulfonamides is 1. The Morgan fingerprint density at radius 1 is 1.19 bits per heavy atom. The Morgan fingerprint density at radius 2 is 1.81 bits per heavy atom. The van der Waals surface area contributed by atoms with Gasteiger partial charge in [-0.2, -0.15) is 0 Å². The molecule has 0 bridgehead atoms. The molecule has 1 saturated heterocycles. The number of ketones is 1. The van der Waals surface area contributed by atoms with Gasteiger partial charge in [-0.15, -0.1) is 0 Å². The number of hydrogen-bond acceptors (Lipinski definition) is 4. The molecule has 1 aliphatic rings. The summed E-state index contributed by atoms with van der Waals surface area (Å²) in [6.45, 7) is 1.09. The fourth-order valence-electron chi connectivity index (χ4n) is 1.70. The van der Waals surface area contributed by atoms with Gasteiger partial charge >= 0.3 is 0 Å². The van der Waals surface area contributed by atoms with Gasteiger partial charge < -0.3 is 4.90 Å². The van der Waals surface area contributed by atoms with Gasteiger partial charge in [-0.05, 0) is 24.3 Å². The molecule has 0 saturated carbocycles. The van der Waals surface area contributed by atoms with Gasteiger partial charge in [0, 0.05) is 18.7 Å². The van der Waals surface area contributed by atoms with Crippen molar-refractivity contribution in [3.8, 4) is 0 Å². The predicted octanol–water partition coefficient (Wildman–Crippen LogP) is 0.113. The van der Waals surface area contributed by atoms with Crippen LogP contribution >= 0.6 is 0 Å². The fraction of sp³-hybridized carbons (Fsp3) is 0.300. The van der Waals surface area contributed by atoms with Crippen LogP contribution < -0.4 is 10.0 Å². The summed E-state index contributed by atoms with van der Waals surface area (Å²) >= 11 is 0. The Labute approximate surface area is 93.9 Å². The van der Waals surface area contributed by atoms with Crippen molar-refractivity contribution in [3.63, 3.8) is 0 Å². The number of nitrogens with two attached hydrogens (primary N) is 1. The van der Waals surface area contributed by atoms with Gasteiger partial charge in [0.05, 0.1) is 11.4 Å². The van der Waals surface area contributed by atoms with Crippen molar-refractivity contribution in [2.75, 3.05) is 18.0 Å². The first kappa shape index (κ1) is 11.1. The average molecular weight is 240 g/mol. The molecular weight excluding hydrogens is 228 g/mol. The van der Waals surface area contributed by atoms with E-state index in [4.69, 9.17) is 5.14 Å². The first-order valence-electron chi connectivity index (χ1n) is 4.86. The van der Waals surface area contributed by atoms with E-state index < -0.39 is 10.0 Å². The third-order valence-corrected chi connectivity index (χ3v) is 3.49. The summed E-state index contributed by atoms with van der Waals surface area (Å²) in [5, 5.41) is 4.99. The van der Waals surface area contributed by atoms with Crippen LogP contribution in [0.1, 0.15) is 6.42 Å². The molecule has 1 aliphatic heterocycles. The molecule has 1 fully saturated rings. The summed E-state index contributed by atoms with van der Waals surface area (Å²) < 4.78 is 22.1. The summed E-state index contributed by atoms with van der Waals surface area (Å²) in [7, 11) is -3.64. The monoisotopic (exact) mass is 240 g/mol. The number of hydrogen-bond donors (Lipinski definition) is 1. The second kappa shape index (κ2) is 3.88. The van der Waals surface area contributed by atoms with E-state index in [1.54, 1.807) is 12.1 Å². The quantitative estimate of drug-likeness (QED) is 0.795. The van der Waals surface area contributed by atoms with E-state index in [0.717, 1.165) is 5.69 Å². The minimum absolute atomic E-state index is 0.0850. The summed E-state index contributed by atoms with van der Waals surface area (Å²) in [6.07, 6.45) is 0.553. The first-order valence-corrected chi connectivity index (χ1v) is 6.41. The number of Topliss-reactive ketones (excluding diaryl/α,β-unsaturated/α-hetero) is 1. The molecule has 1 aromatic carbocycles. The Kier molecular flexibility index (Phi) is 2.69. The third kappa shape index (κ3) is 2.23. The molecule has 86 valence electrons. The van der Waals surface area contributed by atoms with Crippen LogP contribution in [0, 0.1) is 0 Å². The lowest BCUT2D eigenvalue weighted by atomic mass is 10.3. The second-order valence-electron chi connectivity index (χ2n) is 3.75. The van der Waals surface area contributed by atoms with Crippen LogP contribution in [-0.2, 0) is 14.8 Å². The van der Waals surface area contributed by atoms with Crippen molar-refractivity contribution in [1.82, 2.24) is 0 Å². The molecule has 0 unspecified atom stereocenters. The topological polar surface area (TPSA) is 80.5 Å². The van der Waals surface area contributed by atoms with Crippen LogP contribution in [0.5, 0.6) is 0 Å². The van der Waals surface area contributed by atoms with Crippen LogP contribution in [0.2, 0.25) is 0 Å².